The summed E-state index contributed by atoms with van der Waals surface area (Å²) in [4.78, 5) is 67.7. The fourth-order valence-electron chi connectivity index (χ4n) is 12.5. The van der Waals surface area contributed by atoms with Crippen molar-refractivity contribution in [2.45, 2.75) is 50.2 Å². The van der Waals surface area contributed by atoms with E-state index in [1.807, 2.05) is 178 Å². The maximum atomic E-state index is 12.2. The Labute approximate surface area is 564 Å². The molecule has 492 valence electrons. The van der Waals surface area contributed by atoms with Crippen LogP contribution in [0.4, 0.5) is 17.5 Å². The summed E-state index contributed by atoms with van der Waals surface area (Å²) in [5.74, 6) is 5.40. The number of ether oxygens (including phenoxy) is 3. The molecule has 15 rings (SSSR count). The van der Waals surface area contributed by atoms with E-state index in [1.54, 1.807) is 14.7 Å². The van der Waals surface area contributed by atoms with Gasteiger partial charge in [0.15, 0.2) is 16.9 Å². The Morgan fingerprint density at radius 2 is 0.643 bits per heavy atom. The Balaban J connectivity index is 0.000000132. The van der Waals surface area contributed by atoms with E-state index >= 15 is 0 Å². The highest BCUT2D eigenvalue weighted by atomic mass is 16.5. The zero-order valence-electron chi connectivity index (χ0n) is 53.6. The average molecular weight is 1310 g/mol. The van der Waals surface area contributed by atoms with Gasteiger partial charge in [0.05, 0.1) is 34.3 Å². The molecule has 3 fully saturated rings. The maximum absolute atomic E-state index is 12.2. The van der Waals surface area contributed by atoms with Crippen molar-refractivity contribution in [1.82, 2.24) is 73.9 Å². The molecule has 3 aliphatic rings. The molecule has 3 atom stereocenters. The molecule has 0 bridgehead atoms. The van der Waals surface area contributed by atoms with Gasteiger partial charge in [-0.05, 0) is 160 Å². The lowest BCUT2D eigenvalue weighted by Gasteiger charge is -2.32. The molecular weight excluding hydrogens is 1240 g/mol. The second kappa shape index (κ2) is 29.0. The van der Waals surface area contributed by atoms with Crippen LogP contribution in [0.15, 0.2) is 221 Å². The Hall–Kier alpha value is -12.6. The van der Waals surface area contributed by atoms with Crippen LogP contribution in [0.25, 0.3) is 66.9 Å². The molecule has 0 saturated carbocycles. The van der Waals surface area contributed by atoms with Gasteiger partial charge in [0.1, 0.15) is 88.0 Å². The van der Waals surface area contributed by atoms with Gasteiger partial charge in [-0.2, -0.15) is 15.3 Å². The molecular formula is C74H70N18O6. The van der Waals surface area contributed by atoms with Crippen LogP contribution in [0, 0.1) is 0 Å². The normalized spacial score (nSPS) is 15.9. The van der Waals surface area contributed by atoms with Crippen molar-refractivity contribution >= 4 is 68.3 Å². The minimum Gasteiger partial charge on any atom is -0.457 e. The third kappa shape index (κ3) is 13.8. The first-order valence-corrected chi connectivity index (χ1v) is 32.1. The fraction of sp³-hybridized carbons (Fsp3) is 0.189. The number of nitrogen functional groups attached to an aromatic ring is 3. The number of piperidine rings is 2. The van der Waals surface area contributed by atoms with E-state index < -0.39 is 0 Å². The molecule has 12 aromatic rings. The van der Waals surface area contributed by atoms with Gasteiger partial charge in [-0.15, -0.1) is 0 Å². The number of rotatable bonds is 15. The molecule has 9 heterocycles. The van der Waals surface area contributed by atoms with Gasteiger partial charge in [0, 0.05) is 56.0 Å². The summed E-state index contributed by atoms with van der Waals surface area (Å²) in [6, 6.07) is 51.9. The number of para-hydroxylation sites is 3. The molecule has 24 heteroatoms. The summed E-state index contributed by atoms with van der Waals surface area (Å²) in [6.45, 7) is 14.5. The average Bonchev–Trinajstić information content (AvgIpc) is 1.61. The van der Waals surface area contributed by atoms with Crippen molar-refractivity contribution in [3.8, 4) is 68.3 Å². The van der Waals surface area contributed by atoms with E-state index in [1.165, 1.54) is 37.2 Å². The minimum absolute atomic E-state index is 0.00476. The van der Waals surface area contributed by atoms with E-state index in [0.29, 0.717) is 107 Å². The van der Waals surface area contributed by atoms with Crippen molar-refractivity contribution < 1.29 is 28.6 Å². The van der Waals surface area contributed by atoms with E-state index in [9.17, 15) is 14.4 Å². The second-order valence-corrected chi connectivity index (χ2v) is 23.6. The summed E-state index contributed by atoms with van der Waals surface area (Å²) in [5, 5.41) is 16.8. The Morgan fingerprint density at radius 3 is 0.939 bits per heavy atom. The zero-order valence-corrected chi connectivity index (χ0v) is 53.6. The molecule has 24 nitrogen and oxygen atoms in total. The number of nitrogens with zero attached hydrogens (tertiary/aromatic N) is 15. The molecule has 0 aliphatic carbocycles. The number of hydrogen-bond acceptors (Lipinski definition) is 18. The molecule has 6 aromatic carbocycles. The number of benzene rings is 6. The van der Waals surface area contributed by atoms with Crippen molar-refractivity contribution in [1.29, 1.82) is 0 Å². The lowest BCUT2D eigenvalue weighted by atomic mass is 10.1. The van der Waals surface area contributed by atoms with Crippen LogP contribution in [0.5, 0.6) is 34.5 Å². The number of anilines is 3. The lowest BCUT2D eigenvalue weighted by molar-refractivity contribution is -0.128. The minimum atomic E-state index is -0.0765. The second-order valence-electron chi connectivity index (χ2n) is 23.6. The molecule has 98 heavy (non-hydrogen) atoms. The van der Waals surface area contributed by atoms with Gasteiger partial charge in [0.25, 0.3) is 0 Å². The van der Waals surface area contributed by atoms with Gasteiger partial charge in [0.2, 0.25) is 17.7 Å². The highest BCUT2D eigenvalue weighted by Gasteiger charge is 2.32. The predicted molar refractivity (Wildman–Crippen MR) is 376 cm³/mol. The van der Waals surface area contributed by atoms with E-state index in [-0.39, 0.29) is 35.8 Å². The van der Waals surface area contributed by atoms with Crippen molar-refractivity contribution in [3.63, 3.8) is 0 Å². The first-order valence-electron chi connectivity index (χ1n) is 32.1. The Bertz CT molecular complexity index is 4650. The third-order valence-corrected chi connectivity index (χ3v) is 17.3. The number of aromatic nitrogens is 12. The number of carbonyl (C=O) groups excluding carboxylic acids is 3. The number of carbonyl (C=O) groups is 3. The summed E-state index contributed by atoms with van der Waals surface area (Å²) in [7, 11) is 0. The summed E-state index contributed by atoms with van der Waals surface area (Å²) in [6.07, 6.45) is 12.7. The van der Waals surface area contributed by atoms with E-state index in [4.69, 9.17) is 46.7 Å². The quantitative estimate of drug-likeness (QED) is 0.0803. The van der Waals surface area contributed by atoms with E-state index in [2.05, 4.69) is 49.6 Å². The molecule has 3 saturated heterocycles. The SMILES string of the molecule is C=CC(=O)N1CCC[C@@H](n2nc(-c3ccc(Oc4ccccc4)cc3)c3c(N)ncnc32)C1.C=CC(=O)N1CCC[C@H](n2nc(-c3ccc(Oc4ccccc4)cc3)c3c(N)ncnc32)C1.C=CC(=O)N1CC[C@H](n2nc(-c3ccc(Oc4ccccc4)cc3)c3c(N)ncnc32)C1. The van der Waals surface area contributed by atoms with Crippen molar-refractivity contribution in [3.05, 3.63) is 221 Å². The van der Waals surface area contributed by atoms with Gasteiger partial charge < -0.3 is 46.1 Å². The van der Waals surface area contributed by atoms with Crippen LogP contribution in [-0.4, -0.2) is 131 Å². The first kappa shape index (κ1) is 64.1. The standard InChI is InChI=1S/2C25H24N6O2.C24H22N6O2/c2*1-2-21(32)30-14-6-7-18(15-30)31-25-22(24(26)27-16-28-25)23(29-31)17-10-12-20(13-11-17)33-19-8-4-3-5-9-19;1-2-20(31)29-13-12-17(14-29)30-24-21(23(25)26-15-27-24)22(28-30)16-8-10-19(11-9-16)32-18-6-4-3-5-7-18/h2*2-5,8-13,16,18H,1,6-7,14-15H2,(H2,26,27,28);2-11,15,17H,1,12-14H2,(H2,25,26,27)/t2*18-;17-/m100/s1. The number of amides is 3. The van der Waals surface area contributed by atoms with Crippen LogP contribution in [0.2, 0.25) is 0 Å². The molecule has 6 aromatic heterocycles. The number of hydrogen-bond donors (Lipinski definition) is 3. The summed E-state index contributed by atoms with van der Waals surface area (Å²) >= 11 is 0. The lowest BCUT2D eigenvalue weighted by Crippen LogP contribution is -2.40. The molecule has 3 aliphatic heterocycles. The Morgan fingerprint density at radius 1 is 0.367 bits per heavy atom. The number of nitrogens with two attached hydrogens (primary N) is 3. The third-order valence-electron chi connectivity index (χ3n) is 17.3. The molecule has 0 unspecified atom stereocenters. The summed E-state index contributed by atoms with van der Waals surface area (Å²) in [5.41, 5.74) is 25.5. The monoisotopic (exact) mass is 1310 g/mol. The molecule has 0 spiro atoms. The van der Waals surface area contributed by atoms with Crippen LogP contribution in [0.3, 0.4) is 0 Å². The van der Waals surface area contributed by atoms with Crippen LogP contribution in [-0.2, 0) is 14.4 Å². The van der Waals surface area contributed by atoms with Crippen molar-refractivity contribution in [2.24, 2.45) is 0 Å². The highest BCUT2D eigenvalue weighted by Crippen LogP contribution is 2.39. The largest absolute Gasteiger partial charge is 0.457 e. The van der Waals surface area contributed by atoms with Crippen molar-refractivity contribution in [2.75, 3.05) is 56.5 Å². The smallest absolute Gasteiger partial charge is 0.246 e. The predicted octanol–water partition coefficient (Wildman–Crippen LogP) is 12.3. The topological polar surface area (TPSA) is 297 Å². The first-order chi connectivity index (χ1) is 47.9. The van der Waals surface area contributed by atoms with Gasteiger partial charge in [-0.25, -0.2) is 43.9 Å². The van der Waals surface area contributed by atoms with Gasteiger partial charge in [-0.3, -0.25) is 14.4 Å². The molecule has 3 amide bonds. The number of likely N-dealkylation sites (tertiary alicyclic amines) is 3. The fourth-order valence-corrected chi connectivity index (χ4v) is 12.5. The summed E-state index contributed by atoms with van der Waals surface area (Å²) < 4.78 is 23.3. The Kier molecular flexibility index (Phi) is 18.9. The molecule has 6 N–H and O–H groups in total. The number of fused-ring (bicyclic) bond motifs is 3. The van der Waals surface area contributed by atoms with Gasteiger partial charge >= 0.3 is 0 Å². The van der Waals surface area contributed by atoms with Gasteiger partial charge in [-0.1, -0.05) is 74.3 Å². The van der Waals surface area contributed by atoms with Crippen LogP contribution < -0.4 is 31.4 Å². The highest BCUT2D eigenvalue weighted by molar-refractivity contribution is 6.00. The maximum Gasteiger partial charge on any atom is 0.246 e. The van der Waals surface area contributed by atoms with E-state index in [0.717, 1.165) is 83.3 Å². The van der Waals surface area contributed by atoms with Crippen LogP contribution in [0.1, 0.15) is 50.2 Å². The van der Waals surface area contributed by atoms with Crippen LogP contribution >= 0.6 is 0 Å². The zero-order chi connectivity index (χ0) is 67.7. The molecule has 0 radical (unpaired) electrons.